The minimum absolute atomic E-state index is 0.231. The van der Waals surface area contributed by atoms with E-state index in [-0.39, 0.29) is 5.91 Å². The number of benzene rings is 2. The lowest BCUT2D eigenvalue weighted by molar-refractivity contribution is 0.0946. The van der Waals surface area contributed by atoms with Crippen molar-refractivity contribution in [3.63, 3.8) is 0 Å². The number of nitrogens with one attached hydrogen (secondary N) is 3. The standard InChI is InChI=1S/C19H18N4O3/c1-25-15-7-8-16(26-2)18-11(15)9-14(23-18)19(24)20-10-17-21-12-5-3-4-6-13(12)22-17/h3-9,23H,10H2,1-2H3,(H,20,24)(H,21,22). The highest BCUT2D eigenvalue weighted by atomic mass is 16.5. The molecule has 0 radical (unpaired) electrons. The molecule has 0 saturated heterocycles. The number of aromatic amines is 2. The SMILES string of the molecule is COc1ccc(OC)c2[nH]c(C(=O)NCc3nc4ccccc4[nH]3)cc12. The Morgan fingerprint density at radius 3 is 2.62 bits per heavy atom. The van der Waals surface area contributed by atoms with E-state index in [9.17, 15) is 4.79 Å². The second-order valence-electron chi connectivity index (χ2n) is 5.83. The van der Waals surface area contributed by atoms with Gasteiger partial charge in [-0.1, -0.05) is 12.1 Å². The predicted molar refractivity (Wildman–Crippen MR) is 98.7 cm³/mol. The van der Waals surface area contributed by atoms with Crippen LogP contribution in [0.25, 0.3) is 21.9 Å². The normalized spacial score (nSPS) is 11.0. The van der Waals surface area contributed by atoms with Crippen LogP contribution < -0.4 is 14.8 Å². The monoisotopic (exact) mass is 350 g/mol. The van der Waals surface area contributed by atoms with Crippen LogP contribution in [-0.2, 0) is 6.54 Å². The molecule has 2 heterocycles. The van der Waals surface area contributed by atoms with Crippen molar-refractivity contribution in [2.24, 2.45) is 0 Å². The molecule has 0 aliphatic carbocycles. The Balaban J connectivity index is 1.57. The summed E-state index contributed by atoms with van der Waals surface area (Å²) >= 11 is 0. The summed E-state index contributed by atoms with van der Waals surface area (Å²) in [6.07, 6.45) is 0. The molecule has 2 aromatic heterocycles. The van der Waals surface area contributed by atoms with Crippen LogP contribution in [0.4, 0.5) is 0 Å². The Labute approximate surface area is 149 Å². The van der Waals surface area contributed by atoms with E-state index in [1.165, 1.54) is 0 Å². The van der Waals surface area contributed by atoms with Crippen LogP contribution in [-0.4, -0.2) is 35.1 Å². The minimum Gasteiger partial charge on any atom is -0.496 e. The maximum atomic E-state index is 12.5. The average Bonchev–Trinajstić information content (AvgIpc) is 3.29. The number of carbonyl (C=O) groups excluding carboxylic acids is 1. The molecule has 4 rings (SSSR count). The summed E-state index contributed by atoms with van der Waals surface area (Å²) in [4.78, 5) is 23.3. The van der Waals surface area contributed by atoms with Gasteiger partial charge >= 0.3 is 0 Å². The Hall–Kier alpha value is -3.48. The summed E-state index contributed by atoms with van der Waals surface area (Å²) in [5, 5.41) is 3.66. The number of H-pyrrole nitrogens is 2. The van der Waals surface area contributed by atoms with E-state index in [1.54, 1.807) is 26.4 Å². The van der Waals surface area contributed by atoms with Crippen LogP contribution >= 0.6 is 0 Å². The molecule has 0 saturated carbocycles. The van der Waals surface area contributed by atoms with Gasteiger partial charge in [-0.05, 0) is 30.3 Å². The molecular weight excluding hydrogens is 332 g/mol. The largest absolute Gasteiger partial charge is 0.496 e. The third-order valence-electron chi connectivity index (χ3n) is 4.25. The maximum Gasteiger partial charge on any atom is 0.268 e. The third kappa shape index (κ3) is 2.73. The number of para-hydroxylation sites is 2. The Kier molecular flexibility index (Phi) is 3.96. The van der Waals surface area contributed by atoms with Crippen LogP contribution in [0.5, 0.6) is 11.5 Å². The van der Waals surface area contributed by atoms with Crippen molar-refractivity contribution in [3.05, 3.63) is 54.0 Å². The molecule has 0 unspecified atom stereocenters. The van der Waals surface area contributed by atoms with Gasteiger partial charge in [0.2, 0.25) is 0 Å². The average molecular weight is 350 g/mol. The van der Waals surface area contributed by atoms with Crippen molar-refractivity contribution in [1.82, 2.24) is 20.3 Å². The van der Waals surface area contributed by atoms with Crippen molar-refractivity contribution >= 4 is 27.8 Å². The molecule has 26 heavy (non-hydrogen) atoms. The molecule has 7 nitrogen and oxygen atoms in total. The molecule has 7 heteroatoms. The highest BCUT2D eigenvalue weighted by molar-refractivity contribution is 6.01. The number of imidazole rings is 1. The number of aromatic nitrogens is 3. The van der Waals surface area contributed by atoms with E-state index in [2.05, 4.69) is 20.3 Å². The van der Waals surface area contributed by atoms with E-state index in [4.69, 9.17) is 9.47 Å². The molecule has 0 aliphatic rings. The van der Waals surface area contributed by atoms with Gasteiger partial charge in [-0.2, -0.15) is 0 Å². The van der Waals surface area contributed by atoms with Gasteiger partial charge in [0.15, 0.2) is 0 Å². The number of hydrogen-bond acceptors (Lipinski definition) is 4. The molecule has 1 amide bonds. The fraction of sp³-hybridized carbons (Fsp3) is 0.158. The van der Waals surface area contributed by atoms with Crippen LogP contribution in [0, 0.1) is 0 Å². The Morgan fingerprint density at radius 1 is 1.08 bits per heavy atom. The van der Waals surface area contributed by atoms with Gasteiger partial charge in [-0.3, -0.25) is 4.79 Å². The number of fused-ring (bicyclic) bond motifs is 2. The second-order valence-corrected chi connectivity index (χ2v) is 5.83. The number of carbonyl (C=O) groups is 1. The number of ether oxygens (including phenoxy) is 2. The fourth-order valence-electron chi connectivity index (χ4n) is 2.99. The van der Waals surface area contributed by atoms with Gasteiger partial charge in [-0.15, -0.1) is 0 Å². The predicted octanol–water partition coefficient (Wildman–Crippen LogP) is 2.99. The lowest BCUT2D eigenvalue weighted by Gasteiger charge is -2.05. The summed E-state index contributed by atoms with van der Waals surface area (Å²) in [5.74, 6) is 1.79. The van der Waals surface area contributed by atoms with Crippen molar-refractivity contribution in [2.45, 2.75) is 6.54 Å². The molecule has 0 atom stereocenters. The van der Waals surface area contributed by atoms with Crippen LogP contribution in [0.3, 0.4) is 0 Å². The molecule has 2 aromatic carbocycles. The third-order valence-corrected chi connectivity index (χ3v) is 4.25. The maximum absolute atomic E-state index is 12.5. The Bertz CT molecular complexity index is 1020. The summed E-state index contributed by atoms with van der Waals surface area (Å²) in [6.45, 7) is 0.303. The summed E-state index contributed by atoms with van der Waals surface area (Å²) in [6, 6.07) is 13.1. The van der Waals surface area contributed by atoms with Crippen molar-refractivity contribution in [3.8, 4) is 11.5 Å². The first-order valence-electron chi connectivity index (χ1n) is 8.15. The fourth-order valence-corrected chi connectivity index (χ4v) is 2.99. The number of amides is 1. The lowest BCUT2D eigenvalue weighted by atomic mass is 10.2. The number of hydrogen-bond donors (Lipinski definition) is 3. The van der Waals surface area contributed by atoms with Crippen LogP contribution in [0.1, 0.15) is 16.3 Å². The second kappa shape index (κ2) is 6.44. The molecule has 132 valence electrons. The van der Waals surface area contributed by atoms with Crippen LogP contribution in [0.15, 0.2) is 42.5 Å². The van der Waals surface area contributed by atoms with E-state index in [1.807, 2.05) is 30.3 Å². The van der Waals surface area contributed by atoms with E-state index < -0.39 is 0 Å². The van der Waals surface area contributed by atoms with Gasteiger partial charge < -0.3 is 24.8 Å². The first-order valence-corrected chi connectivity index (χ1v) is 8.15. The molecule has 0 fully saturated rings. The van der Waals surface area contributed by atoms with E-state index in [0.29, 0.717) is 29.6 Å². The molecule has 0 spiro atoms. The van der Waals surface area contributed by atoms with E-state index in [0.717, 1.165) is 21.9 Å². The number of nitrogens with zero attached hydrogens (tertiary/aromatic N) is 1. The van der Waals surface area contributed by atoms with Gasteiger partial charge in [-0.25, -0.2) is 4.98 Å². The summed E-state index contributed by atoms with van der Waals surface area (Å²) in [7, 11) is 3.18. The van der Waals surface area contributed by atoms with Gasteiger partial charge in [0.25, 0.3) is 5.91 Å². The molecule has 0 bridgehead atoms. The van der Waals surface area contributed by atoms with E-state index >= 15 is 0 Å². The highest BCUT2D eigenvalue weighted by Crippen LogP contribution is 2.33. The number of methoxy groups -OCH3 is 2. The molecule has 3 N–H and O–H groups in total. The Morgan fingerprint density at radius 2 is 1.85 bits per heavy atom. The van der Waals surface area contributed by atoms with Crippen LogP contribution in [0.2, 0.25) is 0 Å². The topological polar surface area (TPSA) is 92.0 Å². The van der Waals surface area contributed by atoms with Crippen molar-refractivity contribution < 1.29 is 14.3 Å². The number of rotatable bonds is 5. The zero-order valence-corrected chi connectivity index (χ0v) is 14.4. The molecular formula is C19H18N4O3. The molecule has 0 aliphatic heterocycles. The highest BCUT2D eigenvalue weighted by Gasteiger charge is 2.15. The lowest BCUT2D eigenvalue weighted by Crippen LogP contribution is -2.23. The zero-order chi connectivity index (χ0) is 18.1. The first-order chi connectivity index (χ1) is 12.7. The first kappa shape index (κ1) is 16.0. The quantitative estimate of drug-likeness (QED) is 0.516. The summed E-state index contributed by atoms with van der Waals surface area (Å²) < 4.78 is 10.7. The zero-order valence-electron chi connectivity index (χ0n) is 14.4. The van der Waals surface area contributed by atoms with Gasteiger partial charge in [0.1, 0.15) is 23.0 Å². The molecule has 4 aromatic rings. The van der Waals surface area contributed by atoms with Gasteiger partial charge in [0.05, 0.1) is 37.3 Å². The minimum atomic E-state index is -0.231. The van der Waals surface area contributed by atoms with Crippen molar-refractivity contribution in [1.29, 1.82) is 0 Å². The van der Waals surface area contributed by atoms with Gasteiger partial charge in [0, 0.05) is 5.39 Å². The van der Waals surface area contributed by atoms with Crippen molar-refractivity contribution in [2.75, 3.05) is 14.2 Å². The summed E-state index contributed by atoms with van der Waals surface area (Å²) in [5.41, 5.74) is 2.97. The smallest absolute Gasteiger partial charge is 0.268 e.